The summed E-state index contributed by atoms with van der Waals surface area (Å²) in [5, 5.41) is 0. The molecule has 2 aliphatic rings. The number of benzene rings is 2. The molecule has 0 bridgehead atoms. The molecule has 1 aliphatic carbocycles. The molecule has 0 saturated heterocycles. The van der Waals surface area contributed by atoms with Gasteiger partial charge in [-0.05, 0) is 48.6 Å². The molecule has 1 saturated carbocycles. The molecule has 0 N–H and O–H groups in total. The molecule has 2 aromatic carbocycles. The van der Waals surface area contributed by atoms with Crippen molar-refractivity contribution in [2.24, 2.45) is 5.92 Å². The van der Waals surface area contributed by atoms with E-state index in [9.17, 15) is 14.4 Å². The lowest BCUT2D eigenvalue weighted by Crippen LogP contribution is -2.33. The van der Waals surface area contributed by atoms with Gasteiger partial charge in [0, 0.05) is 13.6 Å². The van der Waals surface area contributed by atoms with Crippen LogP contribution in [0.25, 0.3) is 0 Å². The Balaban J connectivity index is 1.53. The van der Waals surface area contributed by atoms with Gasteiger partial charge in [-0.3, -0.25) is 19.3 Å². The highest BCUT2D eigenvalue weighted by Gasteiger charge is 2.35. The quantitative estimate of drug-likeness (QED) is 0.659. The van der Waals surface area contributed by atoms with Crippen LogP contribution in [0.15, 0.2) is 42.5 Å². The number of ether oxygens (including phenoxy) is 1. The molecular formula is C25H28N2O4. The summed E-state index contributed by atoms with van der Waals surface area (Å²) < 4.78 is 5.43. The molecule has 0 radical (unpaired) electrons. The summed E-state index contributed by atoms with van der Waals surface area (Å²) in [4.78, 5) is 41.6. The van der Waals surface area contributed by atoms with Gasteiger partial charge >= 0.3 is 0 Å². The predicted octanol–water partition coefficient (Wildman–Crippen LogP) is 4.14. The van der Waals surface area contributed by atoms with Crippen LogP contribution in [0, 0.1) is 5.92 Å². The molecular weight excluding hydrogens is 392 g/mol. The van der Waals surface area contributed by atoms with E-state index in [-0.39, 0.29) is 24.3 Å². The van der Waals surface area contributed by atoms with Crippen LogP contribution in [0.2, 0.25) is 0 Å². The lowest BCUT2D eigenvalue weighted by molar-refractivity contribution is 0.0642. The van der Waals surface area contributed by atoms with Crippen molar-refractivity contribution in [3.05, 3.63) is 64.7 Å². The van der Waals surface area contributed by atoms with Crippen LogP contribution >= 0.6 is 0 Å². The van der Waals surface area contributed by atoms with Crippen molar-refractivity contribution >= 4 is 17.7 Å². The van der Waals surface area contributed by atoms with Crippen LogP contribution < -0.4 is 4.74 Å². The molecule has 6 heteroatoms. The highest BCUT2D eigenvalue weighted by Crippen LogP contribution is 2.28. The molecule has 0 aromatic heterocycles. The Morgan fingerprint density at radius 1 is 1.03 bits per heavy atom. The minimum atomic E-state index is -0.307. The number of carbonyl (C=O) groups excluding carboxylic acids is 3. The summed E-state index contributed by atoms with van der Waals surface area (Å²) in [6.45, 7) is 0.841. The zero-order valence-corrected chi connectivity index (χ0v) is 18.1. The first kappa shape index (κ1) is 21.1. The number of hydrogen-bond donors (Lipinski definition) is 0. The maximum atomic E-state index is 13.2. The average Bonchev–Trinajstić information content (AvgIpc) is 3.04. The lowest BCUT2D eigenvalue weighted by Gasteiger charge is -2.27. The Bertz CT molecular complexity index is 975. The minimum absolute atomic E-state index is 0.105. The molecule has 162 valence electrons. The zero-order valence-electron chi connectivity index (χ0n) is 18.1. The van der Waals surface area contributed by atoms with Crippen LogP contribution in [-0.4, -0.2) is 48.2 Å². The smallest absolute Gasteiger partial charge is 0.261 e. The summed E-state index contributed by atoms with van der Waals surface area (Å²) in [6, 6.07) is 12.1. The minimum Gasteiger partial charge on any atom is -0.496 e. The van der Waals surface area contributed by atoms with E-state index in [0.29, 0.717) is 33.9 Å². The van der Waals surface area contributed by atoms with Crippen molar-refractivity contribution in [3.63, 3.8) is 0 Å². The fraction of sp³-hybridized carbons (Fsp3) is 0.400. The average molecular weight is 421 g/mol. The summed E-state index contributed by atoms with van der Waals surface area (Å²) in [5.74, 6) is 0.311. The summed E-state index contributed by atoms with van der Waals surface area (Å²) >= 11 is 0. The second-order valence-electron chi connectivity index (χ2n) is 8.47. The van der Waals surface area contributed by atoms with Gasteiger partial charge in [0.05, 0.1) is 30.3 Å². The number of hydrogen-bond acceptors (Lipinski definition) is 4. The number of imide groups is 1. The van der Waals surface area contributed by atoms with Gasteiger partial charge in [0.15, 0.2) is 0 Å². The van der Waals surface area contributed by atoms with Gasteiger partial charge in [-0.2, -0.15) is 0 Å². The van der Waals surface area contributed by atoms with Crippen molar-refractivity contribution in [2.75, 3.05) is 20.7 Å². The second-order valence-corrected chi connectivity index (χ2v) is 8.47. The Labute approximate surface area is 182 Å². The fourth-order valence-electron chi connectivity index (χ4n) is 4.63. The van der Waals surface area contributed by atoms with Gasteiger partial charge in [0.1, 0.15) is 5.75 Å². The van der Waals surface area contributed by atoms with E-state index in [1.165, 1.54) is 31.3 Å². The molecule has 0 unspecified atom stereocenters. The van der Waals surface area contributed by atoms with Crippen molar-refractivity contribution in [2.45, 2.75) is 38.6 Å². The van der Waals surface area contributed by atoms with Gasteiger partial charge in [-0.1, -0.05) is 37.5 Å². The Kier molecular flexibility index (Phi) is 6.07. The van der Waals surface area contributed by atoms with Gasteiger partial charge in [0.2, 0.25) is 0 Å². The Hall–Kier alpha value is -3.15. The normalized spacial score (nSPS) is 16.4. The number of fused-ring (bicyclic) bond motifs is 1. The number of nitrogens with zero attached hydrogens (tertiary/aromatic N) is 2. The third kappa shape index (κ3) is 4.20. The largest absolute Gasteiger partial charge is 0.496 e. The van der Waals surface area contributed by atoms with Crippen LogP contribution in [0.5, 0.6) is 5.75 Å². The summed E-state index contributed by atoms with van der Waals surface area (Å²) in [7, 11) is 3.37. The van der Waals surface area contributed by atoms with Crippen molar-refractivity contribution in [3.8, 4) is 5.75 Å². The van der Waals surface area contributed by atoms with Crippen LogP contribution in [0.4, 0.5) is 0 Å². The molecule has 1 fully saturated rings. The molecule has 6 nitrogen and oxygen atoms in total. The Morgan fingerprint density at radius 3 is 2.29 bits per heavy atom. The van der Waals surface area contributed by atoms with Gasteiger partial charge in [-0.15, -0.1) is 0 Å². The van der Waals surface area contributed by atoms with E-state index in [1.54, 1.807) is 47.4 Å². The highest BCUT2D eigenvalue weighted by atomic mass is 16.5. The lowest BCUT2D eigenvalue weighted by atomic mass is 9.89. The SMILES string of the molecule is COc1ccc(CN2C(=O)c3ccccc3C2=O)cc1C(=O)N(C)CC1CCCCC1. The van der Waals surface area contributed by atoms with E-state index in [4.69, 9.17) is 4.74 Å². The second kappa shape index (κ2) is 8.92. The monoisotopic (exact) mass is 420 g/mol. The maximum Gasteiger partial charge on any atom is 0.261 e. The van der Waals surface area contributed by atoms with E-state index >= 15 is 0 Å². The third-order valence-electron chi connectivity index (χ3n) is 6.32. The number of carbonyl (C=O) groups is 3. The number of methoxy groups -OCH3 is 1. The van der Waals surface area contributed by atoms with Crippen molar-refractivity contribution < 1.29 is 19.1 Å². The first-order chi connectivity index (χ1) is 15.0. The van der Waals surface area contributed by atoms with E-state index in [1.807, 2.05) is 7.05 Å². The van der Waals surface area contributed by atoms with Crippen LogP contribution in [-0.2, 0) is 6.54 Å². The van der Waals surface area contributed by atoms with Gasteiger partial charge in [-0.25, -0.2) is 0 Å². The molecule has 2 aromatic rings. The highest BCUT2D eigenvalue weighted by molar-refractivity contribution is 6.21. The predicted molar refractivity (Wildman–Crippen MR) is 117 cm³/mol. The number of rotatable bonds is 6. The molecule has 0 spiro atoms. The zero-order chi connectivity index (χ0) is 22.0. The fourth-order valence-corrected chi connectivity index (χ4v) is 4.63. The van der Waals surface area contributed by atoms with E-state index in [0.717, 1.165) is 19.4 Å². The van der Waals surface area contributed by atoms with E-state index in [2.05, 4.69) is 0 Å². The van der Waals surface area contributed by atoms with E-state index < -0.39 is 0 Å². The summed E-state index contributed by atoms with van der Waals surface area (Å²) in [6.07, 6.45) is 6.06. The van der Waals surface area contributed by atoms with Crippen LogP contribution in [0.3, 0.4) is 0 Å². The summed E-state index contributed by atoms with van der Waals surface area (Å²) in [5.41, 5.74) is 2.01. The van der Waals surface area contributed by atoms with Gasteiger partial charge < -0.3 is 9.64 Å². The van der Waals surface area contributed by atoms with Crippen molar-refractivity contribution in [1.82, 2.24) is 9.80 Å². The number of amides is 3. The first-order valence-electron chi connectivity index (χ1n) is 10.9. The van der Waals surface area contributed by atoms with Gasteiger partial charge in [0.25, 0.3) is 17.7 Å². The Morgan fingerprint density at radius 2 is 1.68 bits per heavy atom. The van der Waals surface area contributed by atoms with Crippen molar-refractivity contribution in [1.29, 1.82) is 0 Å². The molecule has 4 rings (SSSR count). The molecule has 1 heterocycles. The molecule has 31 heavy (non-hydrogen) atoms. The first-order valence-corrected chi connectivity index (χ1v) is 10.9. The van der Waals surface area contributed by atoms with Crippen LogP contribution in [0.1, 0.15) is 68.7 Å². The maximum absolute atomic E-state index is 13.2. The molecule has 0 atom stereocenters. The standard InChI is InChI=1S/C25H28N2O4/c1-26(15-17-8-4-3-5-9-17)23(28)21-14-18(12-13-22(21)31-2)16-27-24(29)19-10-6-7-11-20(19)25(27)30/h6-7,10-14,17H,3-5,8-9,15-16H2,1-2H3. The topological polar surface area (TPSA) is 66.9 Å². The third-order valence-corrected chi connectivity index (χ3v) is 6.32. The molecule has 1 aliphatic heterocycles. The molecule has 3 amide bonds.